The van der Waals surface area contributed by atoms with Gasteiger partial charge < -0.3 is 26.8 Å². The Bertz CT molecular complexity index is 1050. The highest BCUT2D eigenvalue weighted by Gasteiger charge is 2.27. The standard InChI is InChI=1S/C21H26N8O3/c1-21(2,11-22)15-8-5-9-16(27-15)25-14-10-17(28-29-18(14)19(23)30)24-12-6-3-4-7-13(12)26-20(31)32/h5,8-10,12-13,26H,3-4,6-7H2,1-2H3,(H2,23,30)(H,31,32)(H2,24,25,27,28). The van der Waals surface area contributed by atoms with Crippen molar-refractivity contribution in [2.24, 2.45) is 5.73 Å². The van der Waals surface area contributed by atoms with Crippen molar-refractivity contribution in [1.82, 2.24) is 20.5 Å². The van der Waals surface area contributed by atoms with Gasteiger partial charge in [-0.3, -0.25) is 4.79 Å². The zero-order valence-electron chi connectivity index (χ0n) is 17.9. The van der Waals surface area contributed by atoms with Gasteiger partial charge in [-0.1, -0.05) is 18.9 Å². The number of nitrogens with zero attached hydrogens (tertiary/aromatic N) is 4. The fourth-order valence-corrected chi connectivity index (χ4v) is 3.61. The number of amides is 2. The maximum atomic E-state index is 11.9. The van der Waals surface area contributed by atoms with E-state index in [1.807, 2.05) is 0 Å². The number of anilines is 3. The molecule has 2 aromatic rings. The third kappa shape index (κ3) is 5.40. The molecule has 3 rings (SSSR count). The summed E-state index contributed by atoms with van der Waals surface area (Å²) in [6, 6.07) is 8.57. The number of carboxylic acid groups (broad SMARTS) is 1. The zero-order valence-corrected chi connectivity index (χ0v) is 17.9. The topological polar surface area (TPSA) is 179 Å². The second kappa shape index (κ2) is 9.47. The van der Waals surface area contributed by atoms with Gasteiger partial charge in [0.1, 0.15) is 5.82 Å². The molecule has 1 aliphatic rings. The van der Waals surface area contributed by atoms with E-state index in [0.717, 1.165) is 19.3 Å². The maximum Gasteiger partial charge on any atom is 0.404 e. The highest BCUT2D eigenvalue weighted by atomic mass is 16.4. The normalized spacial score (nSPS) is 18.3. The lowest BCUT2D eigenvalue weighted by Gasteiger charge is -2.32. The first-order chi connectivity index (χ1) is 15.2. The van der Waals surface area contributed by atoms with Gasteiger partial charge in [0.2, 0.25) is 0 Å². The van der Waals surface area contributed by atoms with Gasteiger partial charge in [0.25, 0.3) is 5.91 Å². The summed E-state index contributed by atoms with van der Waals surface area (Å²) in [7, 11) is 0. The lowest BCUT2D eigenvalue weighted by molar-refractivity contribution is 0.0995. The number of nitriles is 1. The molecule has 11 nitrogen and oxygen atoms in total. The molecule has 11 heteroatoms. The smallest absolute Gasteiger partial charge is 0.404 e. The molecule has 1 saturated carbocycles. The first kappa shape index (κ1) is 22.7. The Morgan fingerprint density at radius 3 is 2.56 bits per heavy atom. The molecular formula is C21H26N8O3. The van der Waals surface area contributed by atoms with Crippen LogP contribution in [-0.4, -0.2) is 44.4 Å². The summed E-state index contributed by atoms with van der Waals surface area (Å²) in [5.41, 5.74) is 5.47. The summed E-state index contributed by atoms with van der Waals surface area (Å²) in [6.45, 7) is 3.52. The summed E-state index contributed by atoms with van der Waals surface area (Å²) >= 11 is 0. The van der Waals surface area contributed by atoms with Crippen LogP contribution in [-0.2, 0) is 5.41 Å². The summed E-state index contributed by atoms with van der Waals surface area (Å²) in [5, 5.41) is 35.3. The van der Waals surface area contributed by atoms with Crippen LogP contribution in [0.4, 0.5) is 22.1 Å². The summed E-state index contributed by atoms with van der Waals surface area (Å²) in [4.78, 5) is 27.5. The van der Waals surface area contributed by atoms with E-state index in [0.29, 0.717) is 29.4 Å². The molecule has 2 heterocycles. The minimum absolute atomic E-state index is 0.0637. The molecule has 2 unspecified atom stereocenters. The largest absolute Gasteiger partial charge is 0.465 e. The van der Waals surface area contributed by atoms with E-state index in [1.54, 1.807) is 38.1 Å². The molecule has 0 bridgehead atoms. The van der Waals surface area contributed by atoms with Gasteiger partial charge in [-0.05, 0) is 38.8 Å². The third-order valence-electron chi connectivity index (χ3n) is 5.37. The molecule has 1 fully saturated rings. The van der Waals surface area contributed by atoms with E-state index in [4.69, 9.17) is 10.8 Å². The average molecular weight is 438 g/mol. The van der Waals surface area contributed by atoms with Gasteiger partial charge in [-0.25, -0.2) is 9.78 Å². The highest BCUT2D eigenvalue weighted by molar-refractivity contribution is 5.97. The van der Waals surface area contributed by atoms with Crippen LogP contribution in [0.3, 0.4) is 0 Å². The number of nitrogens with one attached hydrogen (secondary N) is 3. The molecule has 0 spiro atoms. The van der Waals surface area contributed by atoms with Gasteiger partial charge in [0.15, 0.2) is 11.5 Å². The second-order valence-corrected chi connectivity index (χ2v) is 8.22. The number of hydrogen-bond acceptors (Lipinski definition) is 8. The van der Waals surface area contributed by atoms with E-state index in [-0.39, 0.29) is 17.8 Å². The fourth-order valence-electron chi connectivity index (χ4n) is 3.61. The first-order valence-electron chi connectivity index (χ1n) is 10.3. The minimum Gasteiger partial charge on any atom is -0.465 e. The van der Waals surface area contributed by atoms with Crippen LogP contribution in [0.15, 0.2) is 24.3 Å². The molecule has 0 aliphatic heterocycles. The average Bonchev–Trinajstić information content (AvgIpc) is 2.75. The van der Waals surface area contributed by atoms with Crippen molar-refractivity contribution >= 4 is 29.3 Å². The van der Waals surface area contributed by atoms with E-state index < -0.39 is 17.4 Å². The van der Waals surface area contributed by atoms with Crippen molar-refractivity contribution in [3.8, 4) is 6.07 Å². The van der Waals surface area contributed by atoms with Crippen LogP contribution >= 0.6 is 0 Å². The Labute approximate surface area is 185 Å². The van der Waals surface area contributed by atoms with Crippen molar-refractivity contribution in [3.63, 3.8) is 0 Å². The Kier molecular flexibility index (Phi) is 6.73. The quantitative estimate of drug-likeness (QED) is 0.434. The van der Waals surface area contributed by atoms with Crippen LogP contribution in [0.5, 0.6) is 0 Å². The van der Waals surface area contributed by atoms with Crippen LogP contribution in [0.25, 0.3) is 0 Å². The van der Waals surface area contributed by atoms with E-state index in [2.05, 4.69) is 37.2 Å². The molecule has 32 heavy (non-hydrogen) atoms. The zero-order chi connectivity index (χ0) is 23.3. The van der Waals surface area contributed by atoms with E-state index in [9.17, 15) is 14.9 Å². The van der Waals surface area contributed by atoms with Crippen LogP contribution in [0.2, 0.25) is 0 Å². The second-order valence-electron chi connectivity index (χ2n) is 8.22. The molecule has 0 aromatic carbocycles. The van der Waals surface area contributed by atoms with Gasteiger partial charge in [-0.2, -0.15) is 5.26 Å². The van der Waals surface area contributed by atoms with Gasteiger partial charge in [0.05, 0.1) is 28.9 Å². The molecule has 2 atom stereocenters. The molecule has 6 N–H and O–H groups in total. The third-order valence-corrected chi connectivity index (χ3v) is 5.37. The van der Waals surface area contributed by atoms with Crippen LogP contribution < -0.4 is 21.7 Å². The predicted molar refractivity (Wildman–Crippen MR) is 118 cm³/mol. The van der Waals surface area contributed by atoms with Gasteiger partial charge >= 0.3 is 6.09 Å². The molecule has 0 saturated heterocycles. The Morgan fingerprint density at radius 1 is 1.19 bits per heavy atom. The monoisotopic (exact) mass is 438 g/mol. The van der Waals surface area contributed by atoms with Crippen molar-refractivity contribution in [2.45, 2.75) is 57.0 Å². The highest BCUT2D eigenvalue weighted by Crippen LogP contribution is 2.26. The Morgan fingerprint density at radius 2 is 1.91 bits per heavy atom. The molecular weight excluding hydrogens is 412 g/mol. The number of rotatable bonds is 7. The molecule has 2 aromatic heterocycles. The van der Waals surface area contributed by atoms with Gasteiger partial charge in [-0.15, -0.1) is 10.2 Å². The van der Waals surface area contributed by atoms with Crippen molar-refractivity contribution in [1.29, 1.82) is 5.26 Å². The lowest BCUT2D eigenvalue weighted by atomic mass is 9.90. The molecule has 168 valence electrons. The van der Waals surface area contributed by atoms with Crippen LogP contribution in [0.1, 0.15) is 55.7 Å². The number of nitrogens with two attached hydrogens (primary N) is 1. The van der Waals surface area contributed by atoms with Crippen LogP contribution in [0, 0.1) is 11.3 Å². The Hall–Kier alpha value is -3.94. The SMILES string of the molecule is CC(C)(C#N)c1cccc(Nc2cc(NC3CCCCC3NC(=O)O)nnc2C(N)=O)n1. The number of primary amides is 1. The first-order valence-corrected chi connectivity index (χ1v) is 10.3. The number of hydrogen-bond donors (Lipinski definition) is 5. The molecule has 2 amide bonds. The lowest BCUT2D eigenvalue weighted by Crippen LogP contribution is -2.48. The van der Waals surface area contributed by atoms with Crippen molar-refractivity contribution in [2.75, 3.05) is 10.6 Å². The van der Waals surface area contributed by atoms with Crippen molar-refractivity contribution < 1.29 is 14.7 Å². The van der Waals surface area contributed by atoms with Crippen molar-refractivity contribution in [3.05, 3.63) is 35.7 Å². The minimum atomic E-state index is -1.08. The maximum absolute atomic E-state index is 11.9. The molecule has 0 radical (unpaired) electrons. The number of carbonyl (C=O) groups excluding carboxylic acids is 1. The fraction of sp³-hybridized carbons (Fsp3) is 0.429. The molecule has 1 aliphatic carbocycles. The van der Waals surface area contributed by atoms with E-state index in [1.165, 1.54) is 0 Å². The predicted octanol–water partition coefficient (Wildman–Crippen LogP) is 2.51. The summed E-state index contributed by atoms with van der Waals surface area (Å²) in [6.07, 6.45) is 2.29. The number of pyridine rings is 1. The number of carbonyl (C=O) groups is 2. The Balaban J connectivity index is 1.87. The summed E-state index contributed by atoms with van der Waals surface area (Å²) < 4.78 is 0. The number of aromatic nitrogens is 3. The van der Waals surface area contributed by atoms with E-state index >= 15 is 0 Å². The van der Waals surface area contributed by atoms with Gasteiger partial charge in [0, 0.05) is 12.1 Å². The summed E-state index contributed by atoms with van der Waals surface area (Å²) in [5.74, 6) is 0.0219.